The summed E-state index contributed by atoms with van der Waals surface area (Å²) in [5, 5.41) is 8.61. The van der Waals surface area contributed by atoms with Gasteiger partial charge in [0.25, 0.3) is 5.91 Å². The first-order valence-electron chi connectivity index (χ1n) is 2.20. The molecule has 42 valence electrons. The second-order valence-corrected chi connectivity index (χ2v) is 1.56. The van der Waals surface area contributed by atoms with Crippen molar-refractivity contribution in [2.75, 3.05) is 0 Å². The van der Waals surface area contributed by atoms with E-state index in [1.54, 1.807) is 0 Å². The maximum Gasteiger partial charge on any atom is 0.281 e. The van der Waals surface area contributed by atoms with Gasteiger partial charge in [0.1, 0.15) is 5.76 Å². The molecule has 0 spiro atoms. The number of aliphatic hydroxyl groups excluding tert-OH is 1. The molecule has 0 saturated heterocycles. The van der Waals surface area contributed by atoms with Crippen LogP contribution >= 0.6 is 0 Å². The molecular formula is C5H5NO2. The van der Waals surface area contributed by atoms with Gasteiger partial charge >= 0.3 is 0 Å². The maximum absolute atomic E-state index is 10.3. The van der Waals surface area contributed by atoms with Crippen molar-refractivity contribution in [1.82, 2.24) is 0 Å². The summed E-state index contributed by atoms with van der Waals surface area (Å²) >= 11 is 0. The number of aliphatic hydroxyl groups is 1. The Morgan fingerprint density at radius 3 is 2.50 bits per heavy atom. The Morgan fingerprint density at radius 1 is 1.88 bits per heavy atom. The van der Waals surface area contributed by atoms with Crippen molar-refractivity contribution in [3.8, 4) is 0 Å². The number of nitrogens with zero attached hydrogens (tertiary/aromatic N) is 1. The van der Waals surface area contributed by atoms with E-state index in [2.05, 4.69) is 4.99 Å². The van der Waals surface area contributed by atoms with Gasteiger partial charge < -0.3 is 5.11 Å². The van der Waals surface area contributed by atoms with Crippen LogP contribution in [0, 0.1) is 0 Å². The molecule has 0 fully saturated rings. The van der Waals surface area contributed by atoms with Crippen molar-refractivity contribution in [2.45, 2.75) is 6.92 Å². The molecule has 0 aromatic rings. The number of amides is 1. The monoisotopic (exact) mass is 111 g/mol. The summed E-state index contributed by atoms with van der Waals surface area (Å²) < 4.78 is 0. The minimum absolute atomic E-state index is 0.0463. The quantitative estimate of drug-likeness (QED) is 0.364. The Kier molecular flexibility index (Phi) is 0.901. The first kappa shape index (κ1) is 5.03. The number of aliphatic imine (C=N–C) groups is 1. The molecule has 0 aliphatic carbocycles. The molecule has 1 aliphatic rings. The average Bonchev–Trinajstić information content (AvgIpc) is 1.61. The number of hydrogen-bond acceptors (Lipinski definition) is 2. The fourth-order valence-corrected chi connectivity index (χ4v) is 0.430. The molecule has 0 atom stereocenters. The summed E-state index contributed by atoms with van der Waals surface area (Å²) in [6.07, 6.45) is 1.34. The summed E-state index contributed by atoms with van der Waals surface area (Å²) in [7, 11) is 0. The minimum atomic E-state index is -0.329. The summed E-state index contributed by atoms with van der Waals surface area (Å²) in [5.41, 5.74) is 0.324. The van der Waals surface area contributed by atoms with Crippen LogP contribution in [-0.4, -0.2) is 17.2 Å². The topological polar surface area (TPSA) is 49.7 Å². The summed E-state index contributed by atoms with van der Waals surface area (Å²) in [5.74, 6) is -0.282. The smallest absolute Gasteiger partial charge is 0.281 e. The average molecular weight is 111 g/mol. The zero-order valence-electron chi connectivity index (χ0n) is 4.38. The van der Waals surface area contributed by atoms with E-state index in [0.717, 1.165) is 0 Å². The van der Waals surface area contributed by atoms with Crippen LogP contribution in [0.25, 0.3) is 0 Å². The fourth-order valence-electron chi connectivity index (χ4n) is 0.430. The summed E-state index contributed by atoms with van der Waals surface area (Å²) in [6, 6.07) is 0. The Balaban J connectivity index is 2.95. The van der Waals surface area contributed by atoms with Gasteiger partial charge in [-0.3, -0.25) is 4.79 Å². The van der Waals surface area contributed by atoms with Crippen LogP contribution in [0.1, 0.15) is 6.92 Å². The zero-order valence-corrected chi connectivity index (χ0v) is 4.38. The first-order chi connectivity index (χ1) is 3.72. The summed E-state index contributed by atoms with van der Waals surface area (Å²) in [4.78, 5) is 13.5. The zero-order chi connectivity index (χ0) is 6.15. The maximum atomic E-state index is 10.3. The van der Waals surface area contributed by atoms with Gasteiger partial charge in [0, 0.05) is 6.21 Å². The Bertz CT molecular complexity index is 187. The minimum Gasteiger partial charge on any atom is -0.512 e. The first-order valence-corrected chi connectivity index (χ1v) is 2.20. The highest BCUT2D eigenvalue weighted by Gasteiger charge is 2.16. The molecule has 1 rings (SSSR count). The van der Waals surface area contributed by atoms with Crippen molar-refractivity contribution in [1.29, 1.82) is 0 Å². The van der Waals surface area contributed by atoms with Crippen LogP contribution in [0.2, 0.25) is 0 Å². The number of hydrogen-bond donors (Lipinski definition) is 1. The lowest BCUT2D eigenvalue weighted by Crippen LogP contribution is -2.12. The highest BCUT2D eigenvalue weighted by molar-refractivity contribution is 6.24. The molecule has 0 unspecified atom stereocenters. The molecule has 1 N–H and O–H groups in total. The molecule has 8 heavy (non-hydrogen) atoms. The van der Waals surface area contributed by atoms with Gasteiger partial charge in [0.05, 0.1) is 5.57 Å². The molecular weight excluding hydrogens is 106 g/mol. The van der Waals surface area contributed by atoms with E-state index in [9.17, 15) is 4.79 Å². The number of allylic oxidation sites excluding steroid dienone is 1. The number of carbonyl (C=O) groups excluding carboxylic acids is 1. The van der Waals surface area contributed by atoms with Crippen molar-refractivity contribution < 1.29 is 9.90 Å². The lowest BCUT2D eigenvalue weighted by atomic mass is 10.2. The summed E-state index contributed by atoms with van der Waals surface area (Å²) in [6.45, 7) is 1.46. The Morgan fingerprint density at radius 2 is 2.50 bits per heavy atom. The highest BCUT2D eigenvalue weighted by Crippen LogP contribution is 2.07. The van der Waals surface area contributed by atoms with Gasteiger partial charge in [-0.1, -0.05) is 0 Å². The molecule has 0 aromatic heterocycles. The predicted octanol–water partition coefficient (Wildman–Crippen LogP) is 0.429. The third-order valence-electron chi connectivity index (χ3n) is 0.931. The van der Waals surface area contributed by atoms with Gasteiger partial charge in [0.2, 0.25) is 0 Å². The van der Waals surface area contributed by atoms with E-state index >= 15 is 0 Å². The molecule has 3 heteroatoms. The van der Waals surface area contributed by atoms with E-state index in [1.165, 1.54) is 13.1 Å². The van der Waals surface area contributed by atoms with Gasteiger partial charge in [-0.2, -0.15) is 0 Å². The Hall–Kier alpha value is -1.12. The molecule has 0 bridgehead atoms. The van der Waals surface area contributed by atoms with Crippen LogP contribution in [0.15, 0.2) is 16.3 Å². The normalized spacial score (nSPS) is 22.9. The number of carbonyl (C=O) groups is 1. The van der Waals surface area contributed by atoms with Crippen LogP contribution in [0.5, 0.6) is 0 Å². The lowest BCUT2D eigenvalue weighted by molar-refractivity contribution is -0.114. The van der Waals surface area contributed by atoms with E-state index < -0.39 is 0 Å². The van der Waals surface area contributed by atoms with Gasteiger partial charge in [-0.15, -0.1) is 0 Å². The van der Waals surface area contributed by atoms with Gasteiger partial charge in [-0.05, 0) is 6.92 Å². The van der Waals surface area contributed by atoms with E-state index in [4.69, 9.17) is 5.11 Å². The van der Waals surface area contributed by atoms with Crippen molar-refractivity contribution in [2.24, 2.45) is 4.99 Å². The SMILES string of the molecule is C/C(O)=C1/C=NC1=O. The van der Waals surface area contributed by atoms with Crippen LogP contribution in [0.4, 0.5) is 0 Å². The molecule has 1 amide bonds. The molecule has 0 aromatic carbocycles. The second kappa shape index (κ2) is 1.43. The molecule has 3 nitrogen and oxygen atoms in total. The number of rotatable bonds is 0. The van der Waals surface area contributed by atoms with Crippen molar-refractivity contribution in [3.63, 3.8) is 0 Å². The van der Waals surface area contributed by atoms with E-state index in [1.807, 2.05) is 0 Å². The predicted molar refractivity (Wildman–Crippen MR) is 28.8 cm³/mol. The third kappa shape index (κ3) is 0.521. The highest BCUT2D eigenvalue weighted by atomic mass is 16.3. The van der Waals surface area contributed by atoms with Crippen LogP contribution in [0.3, 0.4) is 0 Å². The van der Waals surface area contributed by atoms with Gasteiger partial charge in [-0.25, -0.2) is 4.99 Å². The largest absolute Gasteiger partial charge is 0.512 e. The molecule has 0 saturated carbocycles. The second-order valence-electron chi connectivity index (χ2n) is 1.56. The fraction of sp³-hybridized carbons (Fsp3) is 0.200. The van der Waals surface area contributed by atoms with E-state index in [-0.39, 0.29) is 11.7 Å². The van der Waals surface area contributed by atoms with E-state index in [0.29, 0.717) is 5.57 Å². The van der Waals surface area contributed by atoms with Gasteiger partial charge in [0.15, 0.2) is 0 Å². The molecule has 1 heterocycles. The Labute approximate surface area is 46.4 Å². The standard InChI is InChI=1S/C5H5NO2/c1-3(7)4-2-6-5(4)8/h2,7H,1H3/b4-3+. The third-order valence-corrected chi connectivity index (χ3v) is 0.931. The lowest BCUT2D eigenvalue weighted by Gasteiger charge is -2.03. The van der Waals surface area contributed by atoms with Crippen molar-refractivity contribution >= 4 is 12.1 Å². The van der Waals surface area contributed by atoms with Crippen molar-refractivity contribution in [3.05, 3.63) is 11.3 Å². The van der Waals surface area contributed by atoms with Crippen LogP contribution < -0.4 is 0 Å². The molecule has 1 aliphatic heterocycles. The van der Waals surface area contributed by atoms with Crippen LogP contribution in [-0.2, 0) is 4.79 Å². The molecule has 0 radical (unpaired) electrons.